The largest absolute Gasteiger partial charge is 0.478 e. The number of aryl methyl sites for hydroxylation is 1. The Morgan fingerprint density at radius 1 is 1.24 bits per heavy atom. The molecule has 2 aromatic rings. The summed E-state index contributed by atoms with van der Waals surface area (Å²) in [6.45, 7) is 2.02. The molecule has 6 nitrogen and oxygen atoms in total. The number of nitro benzene ring substituents is 1. The Balaban J connectivity index is 2.45. The molecule has 2 N–H and O–H groups in total. The maximum atomic E-state index is 11.2. The zero-order chi connectivity index (χ0) is 15.4. The van der Waals surface area contributed by atoms with Gasteiger partial charge in [0.2, 0.25) is 0 Å². The van der Waals surface area contributed by atoms with Crippen LogP contribution in [-0.4, -0.2) is 16.0 Å². The van der Waals surface area contributed by atoms with Crippen molar-refractivity contribution in [2.75, 3.05) is 5.32 Å². The van der Waals surface area contributed by atoms with Crippen LogP contribution in [0.25, 0.3) is 0 Å². The Labute approximate surface area is 121 Å². The van der Waals surface area contributed by atoms with E-state index in [4.69, 9.17) is 5.11 Å². The van der Waals surface area contributed by atoms with Gasteiger partial charge in [0.15, 0.2) is 0 Å². The van der Waals surface area contributed by atoms with Gasteiger partial charge in [-0.15, -0.1) is 0 Å². The molecule has 0 fully saturated rings. The molecule has 0 radical (unpaired) electrons. The smallest absolute Gasteiger partial charge is 0.338 e. The summed E-state index contributed by atoms with van der Waals surface area (Å²) in [6, 6.07) is 11.3. The number of nitrogens with one attached hydrogen (secondary N) is 1. The van der Waals surface area contributed by atoms with Crippen LogP contribution in [-0.2, 0) is 6.42 Å². The molecule has 0 bridgehead atoms. The lowest BCUT2D eigenvalue weighted by atomic mass is 10.1. The van der Waals surface area contributed by atoms with Crippen LogP contribution < -0.4 is 5.32 Å². The minimum absolute atomic E-state index is 0.0146. The second kappa shape index (κ2) is 6.04. The van der Waals surface area contributed by atoms with Gasteiger partial charge in [-0.3, -0.25) is 10.1 Å². The maximum Gasteiger partial charge on any atom is 0.338 e. The van der Waals surface area contributed by atoms with Crippen LogP contribution in [0.2, 0.25) is 0 Å². The third-order valence-corrected chi connectivity index (χ3v) is 3.10. The van der Waals surface area contributed by atoms with E-state index >= 15 is 0 Å². The molecule has 0 aliphatic rings. The number of nitrogens with zero attached hydrogens (tertiary/aromatic N) is 1. The normalized spacial score (nSPS) is 10.1. The Kier molecular flexibility index (Phi) is 4.18. The number of carbonyl (C=O) groups is 1. The minimum Gasteiger partial charge on any atom is -0.478 e. The van der Waals surface area contributed by atoms with E-state index < -0.39 is 10.9 Å². The molecule has 0 aliphatic carbocycles. The topological polar surface area (TPSA) is 92.5 Å². The molecule has 6 heteroatoms. The summed E-state index contributed by atoms with van der Waals surface area (Å²) < 4.78 is 0. The van der Waals surface area contributed by atoms with E-state index in [-0.39, 0.29) is 16.9 Å². The van der Waals surface area contributed by atoms with E-state index in [1.54, 1.807) is 12.1 Å². The van der Waals surface area contributed by atoms with Crippen molar-refractivity contribution in [3.05, 3.63) is 63.7 Å². The number of para-hydroxylation sites is 1. The minimum atomic E-state index is -1.22. The van der Waals surface area contributed by atoms with Crippen molar-refractivity contribution in [1.29, 1.82) is 0 Å². The van der Waals surface area contributed by atoms with Crippen LogP contribution in [0.3, 0.4) is 0 Å². The summed E-state index contributed by atoms with van der Waals surface area (Å²) in [5, 5.41) is 23.1. The first-order chi connectivity index (χ1) is 10.0. The summed E-state index contributed by atoms with van der Waals surface area (Å²) in [5.74, 6) is -1.22. The monoisotopic (exact) mass is 286 g/mol. The van der Waals surface area contributed by atoms with E-state index in [1.807, 2.05) is 19.1 Å². The number of hydrogen-bond donors (Lipinski definition) is 2. The van der Waals surface area contributed by atoms with Gasteiger partial charge in [-0.1, -0.05) is 25.1 Å². The molecule has 0 amide bonds. The third kappa shape index (κ3) is 3.17. The van der Waals surface area contributed by atoms with E-state index in [0.29, 0.717) is 5.69 Å². The molecule has 0 atom stereocenters. The average Bonchev–Trinajstić information content (AvgIpc) is 2.47. The number of hydrogen-bond acceptors (Lipinski definition) is 4. The van der Waals surface area contributed by atoms with Crippen molar-refractivity contribution in [3.8, 4) is 0 Å². The summed E-state index contributed by atoms with van der Waals surface area (Å²) >= 11 is 0. The van der Waals surface area contributed by atoms with Gasteiger partial charge >= 0.3 is 5.97 Å². The van der Waals surface area contributed by atoms with Crippen LogP contribution in [0.1, 0.15) is 22.8 Å². The fourth-order valence-electron chi connectivity index (χ4n) is 1.97. The highest BCUT2D eigenvalue weighted by molar-refractivity contribution is 5.98. The molecule has 21 heavy (non-hydrogen) atoms. The van der Waals surface area contributed by atoms with Crippen LogP contribution >= 0.6 is 0 Å². The number of carboxylic acid groups (broad SMARTS) is 1. The highest BCUT2D eigenvalue weighted by Crippen LogP contribution is 2.31. The summed E-state index contributed by atoms with van der Waals surface area (Å²) in [4.78, 5) is 21.7. The zero-order valence-electron chi connectivity index (χ0n) is 11.4. The number of rotatable bonds is 5. The number of carboxylic acids is 1. The molecule has 0 spiro atoms. The molecule has 108 valence electrons. The fourth-order valence-corrected chi connectivity index (χ4v) is 1.97. The molecule has 0 unspecified atom stereocenters. The molecule has 0 heterocycles. The lowest BCUT2D eigenvalue weighted by Gasteiger charge is -2.10. The third-order valence-electron chi connectivity index (χ3n) is 3.10. The Morgan fingerprint density at radius 3 is 2.43 bits per heavy atom. The van der Waals surface area contributed by atoms with Crippen molar-refractivity contribution < 1.29 is 14.8 Å². The molecule has 2 rings (SSSR count). The quantitative estimate of drug-likeness (QED) is 0.647. The predicted molar refractivity (Wildman–Crippen MR) is 79.2 cm³/mol. The molecule has 0 aliphatic heterocycles. The SMILES string of the molecule is CCc1ccc(Nc2c(C(=O)O)cccc2[N+](=O)[O-])cc1. The number of aromatic carboxylic acids is 1. The van der Waals surface area contributed by atoms with Gasteiger partial charge in [-0.2, -0.15) is 0 Å². The van der Waals surface area contributed by atoms with Gasteiger partial charge in [0.05, 0.1) is 10.5 Å². The first-order valence-corrected chi connectivity index (χ1v) is 6.39. The van der Waals surface area contributed by atoms with Gasteiger partial charge in [0.25, 0.3) is 5.69 Å². The Hall–Kier alpha value is -2.89. The molecular weight excluding hydrogens is 272 g/mol. The van der Waals surface area contributed by atoms with Crippen LogP contribution in [0, 0.1) is 10.1 Å². The molecule has 0 saturated carbocycles. The van der Waals surface area contributed by atoms with Crippen molar-refractivity contribution in [1.82, 2.24) is 0 Å². The van der Waals surface area contributed by atoms with E-state index in [9.17, 15) is 14.9 Å². The lowest BCUT2D eigenvalue weighted by Crippen LogP contribution is -2.05. The molecule has 2 aromatic carbocycles. The van der Waals surface area contributed by atoms with Crippen LogP contribution in [0.5, 0.6) is 0 Å². The van der Waals surface area contributed by atoms with Crippen LogP contribution in [0.15, 0.2) is 42.5 Å². The van der Waals surface area contributed by atoms with Crippen molar-refractivity contribution in [2.45, 2.75) is 13.3 Å². The summed E-state index contributed by atoms with van der Waals surface area (Å²) in [7, 11) is 0. The zero-order valence-corrected chi connectivity index (χ0v) is 11.4. The Bertz CT molecular complexity index is 648. The maximum absolute atomic E-state index is 11.2. The molecular formula is C15H14N2O4. The van der Waals surface area contributed by atoms with Gasteiger partial charge in [-0.25, -0.2) is 4.79 Å². The molecule has 0 aromatic heterocycles. The Morgan fingerprint density at radius 2 is 1.90 bits per heavy atom. The molecule has 0 saturated heterocycles. The van der Waals surface area contributed by atoms with Gasteiger partial charge in [0.1, 0.15) is 5.69 Å². The average molecular weight is 286 g/mol. The van der Waals surface area contributed by atoms with Gasteiger partial charge < -0.3 is 10.4 Å². The first-order valence-electron chi connectivity index (χ1n) is 6.39. The second-order valence-electron chi connectivity index (χ2n) is 4.44. The van der Waals surface area contributed by atoms with E-state index in [2.05, 4.69) is 5.32 Å². The number of anilines is 2. The number of nitro groups is 1. The standard InChI is InChI=1S/C15H14N2O4/c1-2-10-6-8-11(9-7-10)16-14-12(15(18)19)4-3-5-13(14)17(20)21/h3-9,16H,2H2,1H3,(H,18,19). The second-order valence-corrected chi connectivity index (χ2v) is 4.44. The van der Waals surface area contributed by atoms with Crippen molar-refractivity contribution in [3.63, 3.8) is 0 Å². The number of benzene rings is 2. The highest BCUT2D eigenvalue weighted by atomic mass is 16.6. The van der Waals surface area contributed by atoms with Crippen LogP contribution in [0.4, 0.5) is 17.1 Å². The fraction of sp³-hybridized carbons (Fsp3) is 0.133. The summed E-state index contributed by atoms with van der Waals surface area (Å²) in [6.07, 6.45) is 0.881. The lowest BCUT2D eigenvalue weighted by molar-refractivity contribution is -0.383. The van der Waals surface area contributed by atoms with E-state index in [0.717, 1.165) is 12.0 Å². The summed E-state index contributed by atoms with van der Waals surface area (Å²) in [5.41, 5.74) is 1.31. The predicted octanol–water partition coefficient (Wildman–Crippen LogP) is 3.60. The first kappa shape index (κ1) is 14.5. The van der Waals surface area contributed by atoms with Gasteiger partial charge in [-0.05, 0) is 30.2 Å². The van der Waals surface area contributed by atoms with Gasteiger partial charge in [0, 0.05) is 11.8 Å². The van der Waals surface area contributed by atoms with Crippen molar-refractivity contribution in [2.24, 2.45) is 0 Å². The highest BCUT2D eigenvalue weighted by Gasteiger charge is 2.21. The van der Waals surface area contributed by atoms with E-state index in [1.165, 1.54) is 18.2 Å². The van der Waals surface area contributed by atoms with Crippen molar-refractivity contribution >= 4 is 23.0 Å².